The van der Waals surface area contributed by atoms with Crippen molar-refractivity contribution in [1.29, 1.82) is 0 Å². The molecule has 2 heteroatoms. The molecule has 0 aromatic heterocycles. The molecule has 0 atom stereocenters. The van der Waals surface area contributed by atoms with E-state index in [2.05, 4.69) is 0 Å². The number of benzene rings is 2. The van der Waals surface area contributed by atoms with Gasteiger partial charge in [-0.3, -0.25) is 9.59 Å². The van der Waals surface area contributed by atoms with Gasteiger partial charge in [0.2, 0.25) is 0 Å². The number of carbonyl (C=O) groups excluding carboxylic acids is 2. The summed E-state index contributed by atoms with van der Waals surface area (Å²) in [5.74, 6) is 0.0420. The second kappa shape index (κ2) is 4.91. The Kier molecular flexibility index (Phi) is 3.33. The van der Waals surface area contributed by atoms with E-state index in [1.807, 2.05) is 37.3 Å². The number of hydrogen-bond donors (Lipinski definition) is 0. The molecule has 0 aliphatic rings. The number of hydrogen-bond acceptors (Lipinski definition) is 2. The average Bonchev–Trinajstić information content (AvgIpc) is 2.37. The van der Waals surface area contributed by atoms with Crippen LogP contribution in [0.15, 0.2) is 36.4 Å². The largest absolute Gasteiger partial charge is 0.298 e. The SMILES string of the molecule is CCCC(=O)c1ccc2ccccc2c1C=O. The van der Waals surface area contributed by atoms with Crippen molar-refractivity contribution in [2.45, 2.75) is 19.8 Å². The highest BCUT2D eigenvalue weighted by molar-refractivity contribution is 6.10. The molecule has 0 heterocycles. The molecule has 0 spiro atoms. The van der Waals surface area contributed by atoms with Crippen molar-refractivity contribution in [3.05, 3.63) is 47.5 Å². The van der Waals surface area contributed by atoms with E-state index >= 15 is 0 Å². The normalized spacial score (nSPS) is 10.4. The van der Waals surface area contributed by atoms with Crippen LogP contribution in [-0.4, -0.2) is 12.1 Å². The molecule has 0 aliphatic heterocycles. The highest BCUT2D eigenvalue weighted by Crippen LogP contribution is 2.22. The van der Waals surface area contributed by atoms with Crippen LogP contribution in [0.3, 0.4) is 0 Å². The van der Waals surface area contributed by atoms with Gasteiger partial charge in [-0.1, -0.05) is 43.3 Å². The maximum absolute atomic E-state index is 11.9. The molecule has 0 saturated heterocycles. The standard InChI is InChI=1S/C15H14O2/c1-2-5-15(17)13-9-8-11-6-3-4-7-12(11)14(13)10-16/h3-4,6-10H,2,5H2,1H3. The predicted octanol–water partition coefficient (Wildman–Crippen LogP) is 3.64. The molecule has 2 aromatic carbocycles. The van der Waals surface area contributed by atoms with Gasteiger partial charge >= 0.3 is 0 Å². The van der Waals surface area contributed by atoms with E-state index in [0.717, 1.165) is 23.5 Å². The van der Waals surface area contributed by atoms with E-state index < -0.39 is 0 Å². The molecule has 0 N–H and O–H groups in total. The number of Topliss-reactive ketones (excluding diaryl/α,β-unsaturated/α-hetero) is 1. The molecule has 2 rings (SSSR count). The molecular weight excluding hydrogens is 212 g/mol. The molecule has 2 aromatic rings. The lowest BCUT2D eigenvalue weighted by Crippen LogP contribution is -2.03. The van der Waals surface area contributed by atoms with E-state index in [0.29, 0.717) is 17.5 Å². The molecule has 0 bridgehead atoms. The van der Waals surface area contributed by atoms with Gasteiger partial charge in [0, 0.05) is 17.5 Å². The van der Waals surface area contributed by atoms with E-state index in [1.165, 1.54) is 0 Å². The van der Waals surface area contributed by atoms with Gasteiger partial charge in [0.15, 0.2) is 12.1 Å². The fraction of sp³-hybridized carbons (Fsp3) is 0.200. The Balaban J connectivity index is 2.65. The minimum Gasteiger partial charge on any atom is -0.298 e. The summed E-state index contributed by atoms with van der Waals surface area (Å²) >= 11 is 0. The smallest absolute Gasteiger partial charge is 0.163 e. The van der Waals surface area contributed by atoms with Crippen molar-refractivity contribution in [3.63, 3.8) is 0 Å². The number of aldehydes is 1. The van der Waals surface area contributed by atoms with Gasteiger partial charge in [0.25, 0.3) is 0 Å². The first kappa shape index (κ1) is 11.5. The Morgan fingerprint density at radius 3 is 2.65 bits per heavy atom. The number of fused-ring (bicyclic) bond motifs is 1. The first-order chi connectivity index (χ1) is 8.27. The number of rotatable bonds is 4. The summed E-state index contributed by atoms with van der Waals surface area (Å²) in [6, 6.07) is 11.3. The van der Waals surface area contributed by atoms with Crippen LogP contribution < -0.4 is 0 Å². The van der Waals surface area contributed by atoms with Gasteiger partial charge in [0.05, 0.1) is 0 Å². The lowest BCUT2D eigenvalue weighted by Gasteiger charge is -2.07. The first-order valence-electron chi connectivity index (χ1n) is 5.78. The third-order valence-corrected chi connectivity index (χ3v) is 2.87. The van der Waals surface area contributed by atoms with Gasteiger partial charge in [-0.15, -0.1) is 0 Å². The quantitative estimate of drug-likeness (QED) is 0.589. The van der Waals surface area contributed by atoms with Gasteiger partial charge in [-0.2, -0.15) is 0 Å². The third kappa shape index (κ3) is 2.11. The lowest BCUT2D eigenvalue weighted by atomic mass is 9.96. The molecule has 0 radical (unpaired) electrons. The monoisotopic (exact) mass is 226 g/mol. The van der Waals surface area contributed by atoms with Crippen molar-refractivity contribution >= 4 is 22.8 Å². The van der Waals surface area contributed by atoms with Crippen LogP contribution in [0.5, 0.6) is 0 Å². The van der Waals surface area contributed by atoms with Crippen LogP contribution in [0.25, 0.3) is 10.8 Å². The van der Waals surface area contributed by atoms with Gasteiger partial charge < -0.3 is 0 Å². The Hall–Kier alpha value is -1.96. The number of ketones is 1. The first-order valence-corrected chi connectivity index (χ1v) is 5.78. The van der Waals surface area contributed by atoms with Crippen molar-refractivity contribution < 1.29 is 9.59 Å². The van der Waals surface area contributed by atoms with Gasteiger partial charge in [0.1, 0.15) is 0 Å². The summed E-state index contributed by atoms with van der Waals surface area (Å²) in [6.45, 7) is 1.96. The van der Waals surface area contributed by atoms with Crippen LogP contribution in [0.4, 0.5) is 0 Å². The maximum Gasteiger partial charge on any atom is 0.163 e. The summed E-state index contributed by atoms with van der Waals surface area (Å²) in [5.41, 5.74) is 1.06. The zero-order valence-electron chi connectivity index (χ0n) is 9.77. The molecule has 0 aliphatic carbocycles. The number of carbonyl (C=O) groups is 2. The minimum atomic E-state index is 0.0420. The van der Waals surface area contributed by atoms with Crippen LogP contribution in [0.1, 0.15) is 40.5 Å². The predicted molar refractivity (Wildman–Crippen MR) is 68.6 cm³/mol. The lowest BCUT2D eigenvalue weighted by molar-refractivity contribution is 0.0975. The van der Waals surface area contributed by atoms with Gasteiger partial charge in [-0.05, 0) is 17.2 Å². The summed E-state index contributed by atoms with van der Waals surface area (Å²) in [7, 11) is 0. The Morgan fingerprint density at radius 2 is 1.94 bits per heavy atom. The summed E-state index contributed by atoms with van der Waals surface area (Å²) in [5, 5.41) is 1.84. The second-order valence-electron chi connectivity index (χ2n) is 4.04. The highest BCUT2D eigenvalue weighted by atomic mass is 16.1. The Labute approximate surface area is 100 Å². The van der Waals surface area contributed by atoms with Crippen LogP contribution >= 0.6 is 0 Å². The summed E-state index contributed by atoms with van der Waals surface area (Å²) in [6.07, 6.45) is 2.06. The molecule has 0 saturated carbocycles. The van der Waals surface area contributed by atoms with Crippen molar-refractivity contribution in [2.75, 3.05) is 0 Å². The molecule has 0 amide bonds. The molecule has 86 valence electrons. The molecule has 0 fully saturated rings. The minimum absolute atomic E-state index is 0.0420. The molecule has 0 unspecified atom stereocenters. The van der Waals surface area contributed by atoms with E-state index in [-0.39, 0.29) is 5.78 Å². The average molecular weight is 226 g/mol. The van der Waals surface area contributed by atoms with Crippen molar-refractivity contribution in [1.82, 2.24) is 0 Å². The zero-order valence-corrected chi connectivity index (χ0v) is 9.77. The van der Waals surface area contributed by atoms with E-state index in [9.17, 15) is 9.59 Å². The second-order valence-corrected chi connectivity index (χ2v) is 4.04. The fourth-order valence-electron chi connectivity index (χ4n) is 2.03. The topological polar surface area (TPSA) is 34.1 Å². The Bertz CT molecular complexity index is 570. The van der Waals surface area contributed by atoms with Crippen LogP contribution in [-0.2, 0) is 0 Å². The zero-order chi connectivity index (χ0) is 12.3. The third-order valence-electron chi connectivity index (χ3n) is 2.87. The molecule has 17 heavy (non-hydrogen) atoms. The molecular formula is C15H14O2. The fourth-order valence-corrected chi connectivity index (χ4v) is 2.03. The van der Waals surface area contributed by atoms with E-state index in [4.69, 9.17) is 0 Å². The van der Waals surface area contributed by atoms with Crippen molar-refractivity contribution in [2.24, 2.45) is 0 Å². The highest BCUT2D eigenvalue weighted by Gasteiger charge is 2.12. The van der Waals surface area contributed by atoms with Crippen LogP contribution in [0, 0.1) is 0 Å². The Morgan fingerprint density at radius 1 is 1.18 bits per heavy atom. The van der Waals surface area contributed by atoms with Gasteiger partial charge in [-0.25, -0.2) is 0 Å². The molecule has 2 nitrogen and oxygen atoms in total. The maximum atomic E-state index is 11.9. The van der Waals surface area contributed by atoms with Crippen molar-refractivity contribution in [3.8, 4) is 0 Å². The summed E-state index contributed by atoms with van der Waals surface area (Å²) in [4.78, 5) is 23.1. The van der Waals surface area contributed by atoms with E-state index in [1.54, 1.807) is 6.07 Å². The summed E-state index contributed by atoms with van der Waals surface area (Å²) < 4.78 is 0. The van der Waals surface area contributed by atoms with Crippen LogP contribution in [0.2, 0.25) is 0 Å².